The van der Waals surface area contributed by atoms with Crippen molar-refractivity contribution in [1.82, 2.24) is 4.98 Å². The fourth-order valence-electron chi connectivity index (χ4n) is 3.25. The van der Waals surface area contributed by atoms with Crippen molar-refractivity contribution in [3.63, 3.8) is 0 Å². The van der Waals surface area contributed by atoms with Crippen molar-refractivity contribution in [3.05, 3.63) is 71.9 Å². The number of benzene rings is 2. The molecule has 0 fully saturated rings. The highest BCUT2D eigenvalue weighted by Gasteiger charge is 2.20. The normalized spacial score (nSPS) is 11.6. The molecule has 6 heteroatoms. The molecule has 0 atom stereocenters. The molecular weight excluding hydrogens is 414 g/mol. The molecule has 1 aromatic heterocycles. The number of nitrogens with zero attached hydrogens (tertiary/aromatic N) is 1. The predicted molar refractivity (Wildman–Crippen MR) is 134 cm³/mol. The number of amides is 2. The number of anilines is 2. The van der Waals surface area contributed by atoms with E-state index in [0.29, 0.717) is 23.0 Å². The Kier molecular flexibility index (Phi) is 6.96. The molecule has 3 aromatic rings. The molecule has 0 unspecified atom stereocenters. The van der Waals surface area contributed by atoms with Crippen LogP contribution in [-0.4, -0.2) is 16.6 Å². The van der Waals surface area contributed by atoms with Gasteiger partial charge in [-0.25, -0.2) is 9.78 Å². The average Bonchev–Trinajstić information content (AvgIpc) is 2.70. The van der Waals surface area contributed by atoms with Crippen molar-refractivity contribution >= 4 is 17.4 Å². The number of rotatable bonds is 5. The number of nitrogens with one attached hydrogen (secondary N) is 2. The zero-order chi connectivity index (χ0) is 24.2. The molecule has 3 rings (SSSR count). The minimum absolute atomic E-state index is 0.102. The Balaban J connectivity index is 1.76. The number of aromatic nitrogens is 1. The van der Waals surface area contributed by atoms with Crippen LogP contribution in [0.4, 0.5) is 16.2 Å². The number of hydrogen-bond acceptors (Lipinski definition) is 4. The first-order valence-electron chi connectivity index (χ1n) is 11.0. The molecule has 0 bridgehead atoms. The molecule has 0 aliphatic carbocycles. The van der Waals surface area contributed by atoms with Gasteiger partial charge in [-0.3, -0.25) is 0 Å². The van der Waals surface area contributed by atoms with Crippen molar-refractivity contribution in [2.45, 2.75) is 59.5 Å². The van der Waals surface area contributed by atoms with Gasteiger partial charge in [-0.05, 0) is 75.1 Å². The van der Waals surface area contributed by atoms with Gasteiger partial charge in [-0.1, -0.05) is 39.0 Å². The molecule has 2 N–H and O–H groups in total. The first-order valence-corrected chi connectivity index (χ1v) is 11.0. The van der Waals surface area contributed by atoms with Gasteiger partial charge in [-0.2, -0.15) is 0 Å². The summed E-state index contributed by atoms with van der Waals surface area (Å²) >= 11 is 0. The van der Waals surface area contributed by atoms with E-state index in [-0.39, 0.29) is 17.0 Å². The van der Waals surface area contributed by atoms with Crippen LogP contribution in [0.2, 0.25) is 0 Å². The molecule has 33 heavy (non-hydrogen) atoms. The van der Waals surface area contributed by atoms with Gasteiger partial charge in [-0.15, -0.1) is 0 Å². The van der Waals surface area contributed by atoms with Crippen molar-refractivity contribution in [3.8, 4) is 17.4 Å². The van der Waals surface area contributed by atoms with Crippen LogP contribution in [0.15, 0.2) is 60.8 Å². The Bertz CT molecular complexity index is 1110. The second-order valence-corrected chi connectivity index (χ2v) is 10.0. The molecule has 0 aliphatic rings. The van der Waals surface area contributed by atoms with E-state index < -0.39 is 0 Å². The highest BCUT2D eigenvalue weighted by molar-refractivity contribution is 6.00. The van der Waals surface area contributed by atoms with Gasteiger partial charge in [0.25, 0.3) is 0 Å². The Labute approximate surface area is 196 Å². The van der Waals surface area contributed by atoms with Crippen molar-refractivity contribution < 1.29 is 14.3 Å². The molecule has 1 heterocycles. The maximum absolute atomic E-state index is 12.7. The Morgan fingerprint density at radius 2 is 1.58 bits per heavy atom. The highest BCUT2D eigenvalue weighted by atomic mass is 16.5. The maximum Gasteiger partial charge on any atom is 0.323 e. The monoisotopic (exact) mass is 447 g/mol. The Morgan fingerprint density at radius 3 is 2.21 bits per heavy atom. The number of carbonyl (C=O) groups is 1. The summed E-state index contributed by atoms with van der Waals surface area (Å²) in [6.07, 6.45) is 1.71. The predicted octanol–water partition coefficient (Wildman–Crippen LogP) is 7.30. The second-order valence-electron chi connectivity index (χ2n) is 10.0. The minimum Gasteiger partial charge on any atom is -0.488 e. The molecule has 174 valence electrons. The zero-order valence-corrected chi connectivity index (χ0v) is 20.4. The summed E-state index contributed by atoms with van der Waals surface area (Å²) in [7, 11) is 0. The van der Waals surface area contributed by atoms with Crippen molar-refractivity contribution in [2.24, 2.45) is 0 Å². The lowest BCUT2D eigenvalue weighted by Crippen LogP contribution is -2.23. The molecule has 6 nitrogen and oxygen atoms in total. The van der Waals surface area contributed by atoms with Crippen LogP contribution >= 0.6 is 0 Å². The molecule has 0 saturated heterocycles. The van der Waals surface area contributed by atoms with Crippen LogP contribution in [0.5, 0.6) is 17.4 Å². The van der Waals surface area contributed by atoms with Crippen LogP contribution in [0.25, 0.3) is 0 Å². The largest absolute Gasteiger partial charge is 0.488 e. The number of para-hydroxylation sites is 1. The Hall–Kier alpha value is -3.54. The number of aryl methyl sites for hydroxylation is 1. The smallest absolute Gasteiger partial charge is 0.323 e. The summed E-state index contributed by atoms with van der Waals surface area (Å²) in [6, 6.07) is 16.6. The number of hydrogen-bond donors (Lipinski definition) is 2. The number of pyridine rings is 1. The van der Waals surface area contributed by atoms with Crippen LogP contribution in [0.3, 0.4) is 0 Å². The van der Waals surface area contributed by atoms with Gasteiger partial charge in [0.1, 0.15) is 22.8 Å². The summed E-state index contributed by atoms with van der Waals surface area (Å²) in [5, 5.41) is 5.70. The molecule has 0 saturated carbocycles. The summed E-state index contributed by atoms with van der Waals surface area (Å²) < 4.78 is 12.0. The third-order valence-corrected chi connectivity index (χ3v) is 4.67. The van der Waals surface area contributed by atoms with Crippen LogP contribution in [-0.2, 0) is 5.41 Å². The molecule has 2 amide bonds. The van der Waals surface area contributed by atoms with Gasteiger partial charge in [0.15, 0.2) is 0 Å². The lowest BCUT2D eigenvalue weighted by molar-refractivity contribution is 0.131. The third-order valence-electron chi connectivity index (χ3n) is 4.67. The maximum atomic E-state index is 12.7. The standard InChI is InChI=1S/C27H33N3O3/c1-18-16-22(24(28-17-18)32-23-11-9-8-10-21(23)26(2,3)4)30-25(31)29-19-12-14-20(15-13-19)33-27(5,6)7/h8-17H,1-7H3,(H2,29,30,31). The van der Waals surface area contributed by atoms with Gasteiger partial charge >= 0.3 is 6.03 Å². The van der Waals surface area contributed by atoms with E-state index >= 15 is 0 Å². The SMILES string of the molecule is Cc1cnc(Oc2ccccc2C(C)(C)C)c(NC(=O)Nc2ccc(OC(C)(C)C)cc2)c1. The van der Waals surface area contributed by atoms with Crippen LogP contribution in [0.1, 0.15) is 52.7 Å². The number of urea groups is 1. The molecule has 0 radical (unpaired) electrons. The van der Waals surface area contributed by atoms with E-state index in [0.717, 1.165) is 16.9 Å². The fraction of sp³-hybridized carbons (Fsp3) is 0.333. The van der Waals surface area contributed by atoms with E-state index in [1.54, 1.807) is 18.3 Å². The Morgan fingerprint density at radius 1 is 0.909 bits per heavy atom. The van der Waals surface area contributed by atoms with Crippen LogP contribution in [0, 0.1) is 6.92 Å². The molecule has 2 aromatic carbocycles. The van der Waals surface area contributed by atoms with E-state index in [4.69, 9.17) is 9.47 Å². The number of carbonyl (C=O) groups excluding carboxylic acids is 1. The highest BCUT2D eigenvalue weighted by Crippen LogP contribution is 2.36. The quantitative estimate of drug-likeness (QED) is 0.430. The molecule has 0 spiro atoms. The van der Waals surface area contributed by atoms with Gasteiger partial charge < -0.3 is 20.1 Å². The lowest BCUT2D eigenvalue weighted by atomic mass is 9.86. The summed E-state index contributed by atoms with van der Waals surface area (Å²) in [4.78, 5) is 17.1. The summed E-state index contributed by atoms with van der Waals surface area (Å²) in [5.41, 5.74) is 2.71. The van der Waals surface area contributed by atoms with Crippen molar-refractivity contribution in [1.29, 1.82) is 0 Å². The third kappa shape index (κ3) is 6.97. The van der Waals surface area contributed by atoms with Gasteiger partial charge in [0.2, 0.25) is 5.88 Å². The first-order chi connectivity index (χ1) is 15.4. The van der Waals surface area contributed by atoms with Crippen molar-refractivity contribution in [2.75, 3.05) is 10.6 Å². The number of ether oxygens (including phenoxy) is 2. The first kappa shape index (κ1) is 24.1. The molecule has 0 aliphatic heterocycles. The molecular formula is C27H33N3O3. The second kappa shape index (κ2) is 9.53. The lowest BCUT2D eigenvalue weighted by Gasteiger charge is -2.23. The van der Waals surface area contributed by atoms with E-state index in [9.17, 15) is 4.79 Å². The average molecular weight is 448 g/mol. The summed E-state index contributed by atoms with van der Waals surface area (Å²) in [6.45, 7) is 14.3. The summed E-state index contributed by atoms with van der Waals surface area (Å²) in [5.74, 6) is 1.78. The van der Waals surface area contributed by atoms with E-state index in [2.05, 4.69) is 36.4 Å². The topological polar surface area (TPSA) is 72.5 Å². The van der Waals surface area contributed by atoms with Crippen LogP contribution < -0.4 is 20.1 Å². The van der Waals surface area contributed by atoms with Gasteiger partial charge in [0, 0.05) is 17.4 Å². The van der Waals surface area contributed by atoms with E-state index in [1.165, 1.54) is 0 Å². The minimum atomic E-state index is -0.388. The zero-order valence-electron chi connectivity index (χ0n) is 20.4. The fourth-order valence-corrected chi connectivity index (χ4v) is 3.25. The van der Waals surface area contributed by atoms with E-state index in [1.807, 2.05) is 70.2 Å². The van der Waals surface area contributed by atoms with Gasteiger partial charge in [0.05, 0.1) is 0 Å².